The summed E-state index contributed by atoms with van der Waals surface area (Å²) in [6.45, 7) is 5.54. The summed E-state index contributed by atoms with van der Waals surface area (Å²) in [5, 5.41) is 9.21. The van der Waals surface area contributed by atoms with E-state index in [1.165, 1.54) is 12.0 Å². The van der Waals surface area contributed by atoms with Crippen LogP contribution in [0.25, 0.3) is 5.57 Å². The minimum atomic E-state index is -1.05. The second kappa shape index (κ2) is 6.90. The molecule has 0 aromatic carbocycles. The molecular formula is C17H22N2O5. The first-order chi connectivity index (χ1) is 11.2. The van der Waals surface area contributed by atoms with E-state index in [0.717, 1.165) is 0 Å². The predicted octanol–water partition coefficient (Wildman–Crippen LogP) is 2.43. The molecule has 0 spiro atoms. The van der Waals surface area contributed by atoms with Crippen molar-refractivity contribution >= 4 is 17.6 Å². The van der Waals surface area contributed by atoms with Crippen molar-refractivity contribution in [2.45, 2.75) is 26.9 Å². The third-order valence-electron chi connectivity index (χ3n) is 3.63. The van der Waals surface area contributed by atoms with Crippen molar-refractivity contribution in [2.75, 3.05) is 20.2 Å². The Hall–Kier alpha value is -2.57. The highest BCUT2D eigenvalue weighted by Gasteiger charge is 2.33. The van der Waals surface area contributed by atoms with Crippen molar-refractivity contribution in [3.63, 3.8) is 0 Å². The highest BCUT2D eigenvalue weighted by Crippen LogP contribution is 2.28. The zero-order chi connectivity index (χ0) is 17.9. The Balaban J connectivity index is 2.33. The quantitative estimate of drug-likeness (QED) is 0.854. The van der Waals surface area contributed by atoms with Gasteiger partial charge in [-0.2, -0.15) is 0 Å². The molecule has 1 aliphatic heterocycles. The Morgan fingerprint density at radius 2 is 2.04 bits per heavy atom. The average Bonchev–Trinajstić information content (AvgIpc) is 2.53. The van der Waals surface area contributed by atoms with Crippen molar-refractivity contribution in [1.82, 2.24) is 9.88 Å². The van der Waals surface area contributed by atoms with Gasteiger partial charge in [0.05, 0.1) is 24.8 Å². The van der Waals surface area contributed by atoms with Gasteiger partial charge in [0.15, 0.2) is 0 Å². The molecule has 7 heteroatoms. The molecule has 2 rings (SSSR count). The number of nitrogens with zero attached hydrogens (tertiary/aromatic N) is 2. The molecule has 0 aliphatic carbocycles. The van der Waals surface area contributed by atoms with Crippen LogP contribution in [-0.2, 0) is 9.53 Å². The van der Waals surface area contributed by atoms with Gasteiger partial charge in [-0.1, -0.05) is 12.1 Å². The molecule has 0 saturated carbocycles. The highest BCUT2D eigenvalue weighted by atomic mass is 16.5. The first-order valence-electron chi connectivity index (χ1n) is 7.63. The zero-order valence-electron chi connectivity index (χ0n) is 14.3. The molecule has 0 unspecified atom stereocenters. The van der Waals surface area contributed by atoms with Gasteiger partial charge in [-0.05, 0) is 26.8 Å². The number of esters is 1. The molecule has 1 aliphatic rings. The minimum absolute atomic E-state index is 0.0713. The van der Waals surface area contributed by atoms with Gasteiger partial charge < -0.3 is 19.5 Å². The number of carboxylic acid groups (broad SMARTS) is 1. The summed E-state index contributed by atoms with van der Waals surface area (Å²) >= 11 is 0. The number of rotatable bonds is 3. The lowest BCUT2D eigenvalue weighted by Crippen LogP contribution is -2.43. The van der Waals surface area contributed by atoms with E-state index in [1.54, 1.807) is 45.0 Å². The second-order valence-electron chi connectivity index (χ2n) is 6.56. The van der Waals surface area contributed by atoms with Gasteiger partial charge in [0.25, 0.3) is 0 Å². The van der Waals surface area contributed by atoms with Crippen LogP contribution in [0.15, 0.2) is 24.3 Å². The number of amides is 1. The number of methoxy groups -OCH3 is 1. The number of aromatic nitrogens is 1. The van der Waals surface area contributed by atoms with Gasteiger partial charge in [0.1, 0.15) is 6.10 Å². The fourth-order valence-corrected chi connectivity index (χ4v) is 2.23. The smallest absolute Gasteiger partial charge is 0.407 e. The molecule has 1 aromatic heterocycles. The highest BCUT2D eigenvalue weighted by molar-refractivity contribution is 5.79. The molecule has 7 nitrogen and oxygen atoms in total. The van der Waals surface area contributed by atoms with Crippen LogP contribution < -0.4 is 4.74 Å². The molecule has 1 atom stereocenters. The van der Waals surface area contributed by atoms with E-state index in [-0.39, 0.29) is 13.1 Å². The van der Waals surface area contributed by atoms with Gasteiger partial charge >= 0.3 is 12.1 Å². The summed E-state index contributed by atoms with van der Waals surface area (Å²) in [6, 6.07) is 5.28. The maximum Gasteiger partial charge on any atom is 0.407 e. The first kappa shape index (κ1) is 17.8. The number of ether oxygens (including phenoxy) is 2. The second-order valence-corrected chi connectivity index (χ2v) is 6.56. The Kier molecular flexibility index (Phi) is 5.11. The maximum atomic E-state index is 12.2. The molecule has 130 valence electrons. The van der Waals surface area contributed by atoms with Crippen molar-refractivity contribution in [3.05, 3.63) is 30.0 Å². The standard InChI is InChI=1S/C17H22N2O5/c1-17(2,3)15(20)24-13-10-19(16(21)22)9-8-11(13)12-6-5-7-14(18-12)23-4/h5-8,13H,9-10H2,1-4H3,(H,21,22)/t13-/m0/s1. The molecule has 0 fully saturated rings. The first-order valence-corrected chi connectivity index (χ1v) is 7.63. The molecular weight excluding hydrogens is 312 g/mol. The number of hydrogen-bond acceptors (Lipinski definition) is 5. The largest absolute Gasteiger partial charge is 0.481 e. The van der Waals surface area contributed by atoms with Gasteiger partial charge in [-0.3, -0.25) is 4.79 Å². The Bertz CT molecular complexity index is 663. The van der Waals surface area contributed by atoms with Gasteiger partial charge in [0, 0.05) is 18.2 Å². The fourth-order valence-electron chi connectivity index (χ4n) is 2.23. The monoisotopic (exact) mass is 334 g/mol. The minimum Gasteiger partial charge on any atom is -0.481 e. The number of carbonyl (C=O) groups excluding carboxylic acids is 1. The van der Waals surface area contributed by atoms with Crippen LogP contribution in [0.4, 0.5) is 4.79 Å². The van der Waals surface area contributed by atoms with Gasteiger partial charge in [0.2, 0.25) is 5.88 Å². The molecule has 24 heavy (non-hydrogen) atoms. The van der Waals surface area contributed by atoms with Crippen LogP contribution in [0.2, 0.25) is 0 Å². The van der Waals surface area contributed by atoms with E-state index < -0.39 is 23.6 Å². The van der Waals surface area contributed by atoms with E-state index in [1.807, 2.05) is 0 Å². The summed E-state index contributed by atoms with van der Waals surface area (Å²) < 4.78 is 10.7. The predicted molar refractivity (Wildman–Crippen MR) is 87.7 cm³/mol. The van der Waals surface area contributed by atoms with Crippen LogP contribution in [0.5, 0.6) is 5.88 Å². The maximum absolute atomic E-state index is 12.2. The van der Waals surface area contributed by atoms with Crippen LogP contribution in [0, 0.1) is 5.41 Å². The van der Waals surface area contributed by atoms with Gasteiger partial charge in [-0.15, -0.1) is 0 Å². The lowest BCUT2D eigenvalue weighted by Gasteiger charge is -2.32. The lowest BCUT2D eigenvalue weighted by atomic mass is 9.96. The summed E-state index contributed by atoms with van der Waals surface area (Å²) in [7, 11) is 1.52. The van der Waals surface area contributed by atoms with Crippen molar-refractivity contribution in [3.8, 4) is 5.88 Å². The van der Waals surface area contributed by atoms with Crippen LogP contribution in [0.1, 0.15) is 26.5 Å². The molecule has 2 heterocycles. The summed E-state index contributed by atoms with van der Waals surface area (Å²) in [5.41, 5.74) is 0.605. The zero-order valence-corrected chi connectivity index (χ0v) is 14.3. The SMILES string of the molecule is COc1cccc(C2=CCN(C(=O)O)C[C@@H]2OC(=O)C(C)(C)C)n1. The summed E-state index contributed by atoms with van der Waals surface area (Å²) in [6.07, 6.45) is -0.0399. The van der Waals surface area contributed by atoms with E-state index in [9.17, 15) is 14.7 Å². The fraction of sp³-hybridized carbons (Fsp3) is 0.471. The Morgan fingerprint density at radius 1 is 1.33 bits per heavy atom. The third kappa shape index (κ3) is 4.04. The van der Waals surface area contributed by atoms with Gasteiger partial charge in [-0.25, -0.2) is 9.78 Å². The van der Waals surface area contributed by atoms with Crippen LogP contribution >= 0.6 is 0 Å². The van der Waals surface area contributed by atoms with Crippen LogP contribution in [-0.4, -0.2) is 53.4 Å². The Morgan fingerprint density at radius 3 is 2.62 bits per heavy atom. The summed E-state index contributed by atoms with van der Waals surface area (Å²) in [5.74, 6) is 0.0449. The van der Waals surface area contributed by atoms with Crippen LogP contribution in [0.3, 0.4) is 0 Å². The molecule has 0 radical (unpaired) electrons. The molecule has 1 amide bonds. The molecule has 0 saturated heterocycles. The van der Waals surface area contributed by atoms with E-state index >= 15 is 0 Å². The average molecular weight is 334 g/mol. The van der Waals surface area contributed by atoms with Crippen molar-refractivity contribution in [1.29, 1.82) is 0 Å². The van der Waals surface area contributed by atoms with E-state index in [0.29, 0.717) is 17.1 Å². The van der Waals surface area contributed by atoms with Crippen molar-refractivity contribution < 1.29 is 24.2 Å². The van der Waals surface area contributed by atoms with Crippen molar-refractivity contribution in [2.24, 2.45) is 5.41 Å². The molecule has 1 aromatic rings. The Labute approximate surface area is 140 Å². The summed E-state index contributed by atoms with van der Waals surface area (Å²) in [4.78, 5) is 29.1. The van der Waals surface area contributed by atoms with E-state index in [2.05, 4.69) is 4.98 Å². The number of pyridine rings is 1. The normalized spacial score (nSPS) is 17.9. The number of carbonyl (C=O) groups is 2. The topological polar surface area (TPSA) is 89.0 Å². The molecule has 1 N–H and O–H groups in total. The number of hydrogen-bond donors (Lipinski definition) is 1. The third-order valence-corrected chi connectivity index (χ3v) is 3.63. The lowest BCUT2D eigenvalue weighted by molar-refractivity contribution is -0.156. The van der Waals surface area contributed by atoms with E-state index in [4.69, 9.17) is 9.47 Å². The molecule has 0 bridgehead atoms.